The first-order chi connectivity index (χ1) is 12.0. The molecule has 0 aromatic heterocycles. The largest absolute Gasteiger partial charge is 0.389 e. The normalized spacial score (nSPS) is 27.0. The lowest BCUT2D eigenvalue weighted by atomic mass is 9.82. The molecule has 4 heteroatoms. The van der Waals surface area contributed by atoms with Gasteiger partial charge in [-0.05, 0) is 38.2 Å². The van der Waals surface area contributed by atoms with E-state index < -0.39 is 5.60 Å². The average molecular weight is 344 g/mol. The van der Waals surface area contributed by atoms with Crippen LogP contribution in [0.4, 0.5) is 0 Å². The maximum Gasteiger partial charge on any atom is 0.223 e. The van der Waals surface area contributed by atoms with Gasteiger partial charge in [0.05, 0.1) is 12.0 Å². The molecule has 4 nitrogen and oxygen atoms in total. The van der Waals surface area contributed by atoms with Crippen LogP contribution in [-0.4, -0.2) is 40.1 Å². The zero-order chi connectivity index (χ0) is 17.7. The number of hydrogen-bond acceptors (Lipinski definition) is 3. The summed E-state index contributed by atoms with van der Waals surface area (Å²) >= 11 is 0. The number of carbonyl (C=O) groups is 1. The third-order valence-corrected chi connectivity index (χ3v) is 5.88. The van der Waals surface area contributed by atoms with Gasteiger partial charge in [-0.3, -0.25) is 9.69 Å². The Kier molecular flexibility index (Phi) is 6.13. The van der Waals surface area contributed by atoms with Crippen LogP contribution in [0.15, 0.2) is 30.3 Å². The van der Waals surface area contributed by atoms with Crippen molar-refractivity contribution < 1.29 is 9.90 Å². The highest BCUT2D eigenvalue weighted by atomic mass is 16.3. The van der Waals surface area contributed by atoms with Gasteiger partial charge in [-0.25, -0.2) is 0 Å². The van der Waals surface area contributed by atoms with E-state index in [4.69, 9.17) is 0 Å². The fraction of sp³-hybridized carbons (Fsp3) is 0.667. The molecule has 0 spiro atoms. The molecule has 0 radical (unpaired) electrons. The van der Waals surface area contributed by atoms with Gasteiger partial charge in [0, 0.05) is 25.2 Å². The Morgan fingerprint density at radius 2 is 1.96 bits per heavy atom. The van der Waals surface area contributed by atoms with Gasteiger partial charge in [0.15, 0.2) is 0 Å². The lowest BCUT2D eigenvalue weighted by molar-refractivity contribution is -0.128. The summed E-state index contributed by atoms with van der Waals surface area (Å²) in [6, 6.07) is 11.3. The van der Waals surface area contributed by atoms with Gasteiger partial charge in [0.2, 0.25) is 5.91 Å². The van der Waals surface area contributed by atoms with Crippen LogP contribution in [0.1, 0.15) is 63.9 Å². The molecule has 1 aliphatic carbocycles. The lowest BCUT2D eigenvalue weighted by Gasteiger charge is -2.38. The molecule has 2 aliphatic rings. The fourth-order valence-corrected chi connectivity index (χ4v) is 4.37. The number of likely N-dealkylation sites (tertiary alicyclic amines) is 1. The van der Waals surface area contributed by atoms with Crippen molar-refractivity contribution in [3.05, 3.63) is 35.9 Å². The van der Waals surface area contributed by atoms with E-state index in [-0.39, 0.29) is 18.4 Å². The van der Waals surface area contributed by atoms with E-state index in [1.807, 2.05) is 0 Å². The molecule has 1 aromatic carbocycles. The van der Waals surface area contributed by atoms with Crippen LogP contribution in [0.25, 0.3) is 0 Å². The van der Waals surface area contributed by atoms with Crippen molar-refractivity contribution >= 4 is 5.91 Å². The summed E-state index contributed by atoms with van der Waals surface area (Å²) in [6.45, 7) is 4.23. The molecule has 1 saturated carbocycles. The monoisotopic (exact) mass is 344 g/mol. The van der Waals surface area contributed by atoms with E-state index in [0.29, 0.717) is 6.04 Å². The first-order valence-corrected chi connectivity index (χ1v) is 9.84. The quantitative estimate of drug-likeness (QED) is 0.862. The van der Waals surface area contributed by atoms with Gasteiger partial charge in [0.1, 0.15) is 0 Å². The summed E-state index contributed by atoms with van der Waals surface area (Å²) in [4.78, 5) is 14.9. The SMILES string of the molecule is CC1CC(NC(=O)CC2(O)CCCCC2)CCN1Cc1ccccc1. The van der Waals surface area contributed by atoms with E-state index in [2.05, 4.69) is 47.5 Å². The fourth-order valence-electron chi connectivity index (χ4n) is 4.37. The first kappa shape index (κ1) is 18.4. The molecule has 1 aliphatic heterocycles. The molecule has 1 amide bonds. The molecule has 2 unspecified atom stereocenters. The van der Waals surface area contributed by atoms with Crippen molar-refractivity contribution in [2.45, 2.75) is 82.5 Å². The molecule has 1 saturated heterocycles. The van der Waals surface area contributed by atoms with E-state index in [0.717, 1.165) is 51.6 Å². The topological polar surface area (TPSA) is 52.6 Å². The number of nitrogens with one attached hydrogen (secondary N) is 1. The summed E-state index contributed by atoms with van der Waals surface area (Å²) in [7, 11) is 0. The zero-order valence-corrected chi connectivity index (χ0v) is 15.4. The van der Waals surface area contributed by atoms with Crippen LogP contribution in [0.2, 0.25) is 0 Å². The smallest absolute Gasteiger partial charge is 0.223 e. The Hall–Kier alpha value is -1.39. The first-order valence-electron chi connectivity index (χ1n) is 9.84. The Morgan fingerprint density at radius 1 is 1.24 bits per heavy atom. The number of hydrogen-bond donors (Lipinski definition) is 2. The van der Waals surface area contributed by atoms with Crippen LogP contribution >= 0.6 is 0 Å². The molecule has 2 fully saturated rings. The summed E-state index contributed by atoms with van der Waals surface area (Å²) in [5.74, 6) is 0.0260. The molecular weight excluding hydrogens is 312 g/mol. The number of amides is 1. The molecular formula is C21H32N2O2. The Morgan fingerprint density at radius 3 is 2.64 bits per heavy atom. The summed E-state index contributed by atoms with van der Waals surface area (Å²) in [5, 5.41) is 13.7. The highest BCUT2D eigenvalue weighted by Crippen LogP contribution is 2.31. The number of nitrogens with zero attached hydrogens (tertiary/aromatic N) is 1. The van der Waals surface area contributed by atoms with E-state index in [1.165, 1.54) is 12.0 Å². The zero-order valence-electron chi connectivity index (χ0n) is 15.4. The molecule has 0 bridgehead atoms. The Bertz CT molecular complexity index is 554. The minimum absolute atomic E-state index is 0.0260. The standard InChI is InChI=1S/C21H32N2O2/c1-17-14-19(10-13-23(17)16-18-8-4-2-5-9-18)22-20(24)15-21(25)11-6-3-7-12-21/h2,4-5,8-9,17,19,25H,3,6-7,10-16H2,1H3,(H,22,24). The molecule has 25 heavy (non-hydrogen) atoms. The predicted molar refractivity (Wildman–Crippen MR) is 100 cm³/mol. The third kappa shape index (κ3) is 5.29. The van der Waals surface area contributed by atoms with Crippen molar-refractivity contribution in [2.24, 2.45) is 0 Å². The summed E-state index contributed by atoms with van der Waals surface area (Å²) in [6.07, 6.45) is 7.04. The van der Waals surface area contributed by atoms with Crippen LogP contribution in [0, 0.1) is 0 Å². The molecule has 1 aromatic rings. The summed E-state index contributed by atoms with van der Waals surface area (Å²) in [5.41, 5.74) is 0.582. The highest BCUT2D eigenvalue weighted by molar-refractivity contribution is 5.77. The van der Waals surface area contributed by atoms with Gasteiger partial charge in [-0.2, -0.15) is 0 Å². The van der Waals surface area contributed by atoms with Crippen molar-refractivity contribution in [1.29, 1.82) is 0 Å². The van der Waals surface area contributed by atoms with Gasteiger partial charge in [-0.1, -0.05) is 49.6 Å². The maximum absolute atomic E-state index is 12.4. The highest BCUT2D eigenvalue weighted by Gasteiger charge is 2.33. The second kappa shape index (κ2) is 8.33. The van der Waals surface area contributed by atoms with Crippen molar-refractivity contribution in [3.63, 3.8) is 0 Å². The molecule has 2 atom stereocenters. The Balaban J connectivity index is 1.45. The van der Waals surface area contributed by atoms with Gasteiger partial charge >= 0.3 is 0 Å². The summed E-state index contributed by atoms with van der Waals surface area (Å²) < 4.78 is 0. The van der Waals surface area contributed by atoms with E-state index in [9.17, 15) is 9.90 Å². The van der Waals surface area contributed by atoms with Crippen molar-refractivity contribution in [2.75, 3.05) is 6.54 Å². The number of piperidine rings is 1. The second-order valence-electron chi connectivity index (χ2n) is 8.06. The van der Waals surface area contributed by atoms with Gasteiger partial charge in [0.25, 0.3) is 0 Å². The molecule has 2 N–H and O–H groups in total. The van der Waals surface area contributed by atoms with Crippen molar-refractivity contribution in [3.8, 4) is 0 Å². The van der Waals surface area contributed by atoms with Crippen LogP contribution in [-0.2, 0) is 11.3 Å². The van der Waals surface area contributed by atoms with Gasteiger partial charge < -0.3 is 10.4 Å². The lowest BCUT2D eigenvalue weighted by Crippen LogP contribution is -2.49. The molecule has 138 valence electrons. The third-order valence-electron chi connectivity index (χ3n) is 5.88. The van der Waals surface area contributed by atoms with Crippen LogP contribution < -0.4 is 5.32 Å². The molecule has 3 rings (SSSR count). The average Bonchev–Trinajstić information content (AvgIpc) is 2.58. The number of rotatable bonds is 5. The van der Waals surface area contributed by atoms with Gasteiger partial charge in [-0.15, -0.1) is 0 Å². The van der Waals surface area contributed by atoms with E-state index in [1.54, 1.807) is 0 Å². The van der Waals surface area contributed by atoms with Crippen LogP contribution in [0.3, 0.4) is 0 Å². The minimum Gasteiger partial charge on any atom is -0.389 e. The van der Waals surface area contributed by atoms with Crippen LogP contribution in [0.5, 0.6) is 0 Å². The minimum atomic E-state index is -0.762. The van der Waals surface area contributed by atoms with Crippen molar-refractivity contribution in [1.82, 2.24) is 10.2 Å². The number of benzene rings is 1. The maximum atomic E-state index is 12.4. The second-order valence-corrected chi connectivity index (χ2v) is 8.06. The van der Waals surface area contributed by atoms with E-state index >= 15 is 0 Å². The molecule has 1 heterocycles. The number of carbonyl (C=O) groups excluding carboxylic acids is 1. The predicted octanol–water partition coefficient (Wildman–Crippen LogP) is 3.24. The Labute approximate surface area is 151 Å². The number of aliphatic hydroxyl groups is 1.